The molecule has 1 aliphatic heterocycles. The smallest absolute Gasteiger partial charge is 0.414 e. The number of nitro benzene ring substituents is 1. The number of anilines is 1. The average Bonchev–Trinajstić information content (AvgIpc) is 3.01. The topological polar surface area (TPSA) is 91.1 Å². The van der Waals surface area contributed by atoms with Crippen molar-refractivity contribution in [1.29, 1.82) is 0 Å². The third-order valence-electron chi connectivity index (χ3n) is 3.90. The Morgan fingerprint density at radius 1 is 1.27 bits per heavy atom. The van der Waals surface area contributed by atoms with E-state index in [1.54, 1.807) is 43.5 Å². The minimum atomic E-state index is -0.440. The molecule has 0 bridgehead atoms. The van der Waals surface area contributed by atoms with E-state index in [9.17, 15) is 14.9 Å². The fourth-order valence-corrected chi connectivity index (χ4v) is 2.65. The molecule has 8 heteroatoms. The lowest BCUT2D eigenvalue weighted by molar-refractivity contribution is -0.384. The maximum absolute atomic E-state index is 11.9. The molecule has 0 aliphatic carbocycles. The number of ether oxygens (including phenoxy) is 3. The molecule has 1 unspecified atom stereocenters. The fraction of sp³-hybridized carbons (Fsp3) is 0.278. The summed E-state index contributed by atoms with van der Waals surface area (Å²) >= 11 is 0. The third-order valence-corrected chi connectivity index (χ3v) is 3.90. The van der Waals surface area contributed by atoms with E-state index in [-0.39, 0.29) is 18.4 Å². The van der Waals surface area contributed by atoms with Crippen LogP contribution in [0.15, 0.2) is 48.5 Å². The first-order chi connectivity index (χ1) is 12.6. The van der Waals surface area contributed by atoms with Crippen LogP contribution in [0.3, 0.4) is 0 Å². The first-order valence-corrected chi connectivity index (χ1v) is 8.00. The zero-order valence-corrected chi connectivity index (χ0v) is 14.2. The molecule has 0 N–H and O–H groups in total. The molecule has 2 aromatic carbocycles. The van der Waals surface area contributed by atoms with Gasteiger partial charge in [0.15, 0.2) is 0 Å². The van der Waals surface area contributed by atoms with Gasteiger partial charge in [-0.15, -0.1) is 0 Å². The Kier molecular flexibility index (Phi) is 5.33. The maximum Gasteiger partial charge on any atom is 0.414 e. The van der Waals surface area contributed by atoms with Crippen LogP contribution < -0.4 is 9.64 Å². The molecule has 1 heterocycles. The van der Waals surface area contributed by atoms with Crippen molar-refractivity contribution in [1.82, 2.24) is 0 Å². The number of cyclic esters (lactones) is 1. The van der Waals surface area contributed by atoms with Gasteiger partial charge in [0.25, 0.3) is 5.69 Å². The van der Waals surface area contributed by atoms with E-state index < -0.39 is 11.0 Å². The molecule has 1 atom stereocenters. The van der Waals surface area contributed by atoms with Crippen molar-refractivity contribution < 1.29 is 23.9 Å². The van der Waals surface area contributed by atoms with Crippen LogP contribution in [0.5, 0.6) is 5.75 Å². The van der Waals surface area contributed by atoms with Crippen LogP contribution in [0.1, 0.15) is 5.56 Å². The Hall–Kier alpha value is -3.13. The molecule has 1 aliphatic rings. The van der Waals surface area contributed by atoms with E-state index in [0.29, 0.717) is 30.2 Å². The molecule has 1 saturated heterocycles. The maximum atomic E-state index is 11.9. The monoisotopic (exact) mass is 358 g/mol. The highest BCUT2D eigenvalue weighted by Gasteiger charge is 2.32. The number of carbonyl (C=O) groups excluding carboxylic acids is 1. The number of carbonyl (C=O) groups is 1. The molecule has 0 aromatic heterocycles. The number of amides is 1. The number of hydrogen-bond donors (Lipinski definition) is 0. The summed E-state index contributed by atoms with van der Waals surface area (Å²) in [7, 11) is 1.56. The average molecular weight is 358 g/mol. The molecular formula is C18H18N2O6. The first-order valence-electron chi connectivity index (χ1n) is 8.00. The summed E-state index contributed by atoms with van der Waals surface area (Å²) in [6.45, 7) is 0.996. The molecule has 8 nitrogen and oxygen atoms in total. The first kappa shape index (κ1) is 17.7. The van der Waals surface area contributed by atoms with E-state index in [4.69, 9.17) is 14.2 Å². The highest BCUT2D eigenvalue weighted by molar-refractivity contribution is 5.89. The van der Waals surface area contributed by atoms with Gasteiger partial charge in [0.1, 0.15) is 18.5 Å². The predicted octanol–water partition coefficient (Wildman–Crippen LogP) is 3.15. The largest absolute Gasteiger partial charge is 0.489 e. The highest BCUT2D eigenvalue weighted by Crippen LogP contribution is 2.25. The van der Waals surface area contributed by atoms with Gasteiger partial charge in [0.2, 0.25) is 0 Å². The minimum Gasteiger partial charge on any atom is -0.489 e. The summed E-state index contributed by atoms with van der Waals surface area (Å²) in [5.74, 6) is 0.598. The lowest BCUT2D eigenvalue weighted by Crippen LogP contribution is -2.25. The Bertz CT molecular complexity index is 793. The number of non-ortho nitro benzene ring substituents is 1. The van der Waals surface area contributed by atoms with Crippen molar-refractivity contribution in [2.75, 3.05) is 25.2 Å². The zero-order valence-electron chi connectivity index (χ0n) is 14.2. The summed E-state index contributed by atoms with van der Waals surface area (Å²) in [4.78, 5) is 23.8. The van der Waals surface area contributed by atoms with Crippen LogP contribution in [0.4, 0.5) is 16.2 Å². The SMILES string of the molecule is COCC1CN(c2ccc(OCc3cccc([N+](=O)[O-])c3)cc2)C(=O)O1. The van der Waals surface area contributed by atoms with Gasteiger partial charge in [-0.3, -0.25) is 15.0 Å². The summed E-state index contributed by atoms with van der Waals surface area (Å²) in [5, 5.41) is 10.8. The molecule has 26 heavy (non-hydrogen) atoms. The van der Waals surface area contributed by atoms with Crippen molar-refractivity contribution in [3.05, 3.63) is 64.2 Å². The Morgan fingerprint density at radius 2 is 2.04 bits per heavy atom. The second kappa shape index (κ2) is 7.83. The van der Waals surface area contributed by atoms with Gasteiger partial charge >= 0.3 is 6.09 Å². The molecule has 0 radical (unpaired) electrons. The van der Waals surface area contributed by atoms with Gasteiger partial charge < -0.3 is 14.2 Å². The van der Waals surface area contributed by atoms with E-state index in [2.05, 4.69) is 0 Å². The lowest BCUT2D eigenvalue weighted by Gasteiger charge is -2.14. The van der Waals surface area contributed by atoms with Gasteiger partial charge in [-0.1, -0.05) is 12.1 Å². The number of hydrogen-bond acceptors (Lipinski definition) is 6. The molecular weight excluding hydrogens is 340 g/mol. The number of benzene rings is 2. The zero-order chi connectivity index (χ0) is 18.5. The standard InChI is InChI=1S/C18H18N2O6/c1-24-12-17-10-19(18(21)26-17)14-5-7-16(8-6-14)25-11-13-3-2-4-15(9-13)20(22)23/h2-9,17H,10-12H2,1H3. The van der Waals surface area contributed by atoms with Crippen LogP contribution in [0.2, 0.25) is 0 Å². The van der Waals surface area contributed by atoms with Crippen molar-refractivity contribution in [3.8, 4) is 5.75 Å². The van der Waals surface area contributed by atoms with Gasteiger partial charge in [-0.05, 0) is 29.8 Å². The fourth-order valence-electron chi connectivity index (χ4n) is 2.65. The van der Waals surface area contributed by atoms with Gasteiger partial charge in [0.05, 0.1) is 18.1 Å². The van der Waals surface area contributed by atoms with Gasteiger partial charge in [-0.2, -0.15) is 0 Å². The Labute approximate surface area is 150 Å². The van der Waals surface area contributed by atoms with E-state index >= 15 is 0 Å². The number of methoxy groups -OCH3 is 1. The number of nitro groups is 1. The van der Waals surface area contributed by atoms with Crippen molar-refractivity contribution in [3.63, 3.8) is 0 Å². The van der Waals surface area contributed by atoms with E-state index in [1.807, 2.05) is 0 Å². The van der Waals surface area contributed by atoms with E-state index in [1.165, 1.54) is 17.0 Å². The van der Waals surface area contributed by atoms with Crippen LogP contribution >= 0.6 is 0 Å². The second-order valence-corrected chi connectivity index (χ2v) is 5.78. The van der Waals surface area contributed by atoms with Crippen molar-refractivity contribution in [2.45, 2.75) is 12.7 Å². The lowest BCUT2D eigenvalue weighted by atomic mass is 10.2. The molecule has 0 spiro atoms. The molecule has 3 rings (SSSR count). The van der Waals surface area contributed by atoms with Crippen molar-refractivity contribution >= 4 is 17.5 Å². The molecule has 1 amide bonds. The highest BCUT2D eigenvalue weighted by atomic mass is 16.6. The summed E-state index contributed by atoms with van der Waals surface area (Å²) < 4.78 is 15.9. The molecule has 2 aromatic rings. The minimum absolute atomic E-state index is 0.0274. The molecule has 0 saturated carbocycles. The van der Waals surface area contributed by atoms with Gasteiger partial charge in [0, 0.05) is 24.9 Å². The number of nitrogens with zero attached hydrogens (tertiary/aromatic N) is 2. The predicted molar refractivity (Wildman–Crippen MR) is 93.4 cm³/mol. The molecule has 1 fully saturated rings. The summed E-state index contributed by atoms with van der Waals surface area (Å²) in [6, 6.07) is 13.3. The quantitative estimate of drug-likeness (QED) is 0.558. The normalized spacial score (nSPS) is 16.4. The Morgan fingerprint density at radius 3 is 2.73 bits per heavy atom. The third kappa shape index (κ3) is 4.09. The van der Waals surface area contributed by atoms with E-state index in [0.717, 1.165) is 0 Å². The van der Waals surface area contributed by atoms with Crippen LogP contribution in [0.25, 0.3) is 0 Å². The summed E-state index contributed by atoms with van der Waals surface area (Å²) in [5.41, 5.74) is 1.43. The second-order valence-electron chi connectivity index (χ2n) is 5.78. The van der Waals surface area contributed by atoms with Crippen LogP contribution in [-0.4, -0.2) is 37.4 Å². The number of rotatable bonds is 7. The molecule has 136 valence electrons. The van der Waals surface area contributed by atoms with Crippen LogP contribution in [0, 0.1) is 10.1 Å². The van der Waals surface area contributed by atoms with Gasteiger partial charge in [-0.25, -0.2) is 4.79 Å². The summed E-state index contributed by atoms with van der Waals surface area (Å²) in [6.07, 6.45) is -0.686. The van der Waals surface area contributed by atoms with Crippen molar-refractivity contribution in [2.24, 2.45) is 0 Å². The van der Waals surface area contributed by atoms with Crippen LogP contribution in [-0.2, 0) is 16.1 Å². The Balaban J connectivity index is 1.61.